The molecule has 1 aliphatic heterocycles. The number of rotatable bonds is 1. The van der Waals surface area contributed by atoms with Gasteiger partial charge in [-0.25, -0.2) is 0 Å². The number of para-hydroxylation sites is 1. The summed E-state index contributed by atoms with van der Waals surface area (Å²) >= 11 is 0. The van der Waals surface area contributed by atoms with Gasteiger partial charge in [-0.2, -0.15) is 0 Å². The van der Waals surface area contributed by atoms with Gasteiger partial charge in [-0.15, -0.1) is 0 Å². The first-order valence-electron chi connectivity index (χ1n) is 7.29. The second-order valence-corrected chi connectivity index (χ2v) is 5.87. The number of benzene rings is 2. The van der Waals surface area contributed by atoms with Gasteiger partial charge in [0.05, 0.1) is 0 Å². The molecule has 0 saturated heterocycles. The van der Waals surface area contributed by atoms with E-state index in [2.05, 4.69) is 60.4 Å². The van der Waals surface area contributed by atoms with Gasteiger partial charge in [0.15, 0.2) is 0 Å². The fraction of sp³-hybridized carbons (Fsp3) is 0.333. The van der Waals surface area contributed by atoms with Gasteiger partial charge < -0.3 is 4.90 Å². The predicted octanol–water partition coefficient (Wildman–Crippen LogP) is 4.78. The van der Waals surface area contributed by atoms with Gasteiger partial charge in [0.1, 0.15) is 0 Å². The molecule has 2 aromatic carbocycles. The van der Waals surface area contributed by atoms with Crippen LogP contribution in [0.5, 0.6) is 0 Å². The van der Waals surface area contributed by atoms with Crippen LogP contribution in [-0.2, 0) is 0 Å². The van der Waals surface area contributed by atoms with Crippen molar-refractivity contribution in [2.24, 2.45) is 0 Å². The average Bonchev–Trinajstić information content (AvgIpc) is 3.00. The summed E-state index contributed by atoms with van der Waals surface area (Å²) in [5, 5.41) is 0. The molecule has 96 valence electrons. The highest BCUT2D eigenvalue weighted by atomic mass is 15.2. The average molecular weight is 249 g/mol. The maximum Gasteiger partial charge on any atom is 0.0449 e. The lowest BCUT2D eigenvalue weighted by Gasteiger charge is -2.27. The van der Waals surface area contributed by atoms with E-state index in [4.69, 9.17) is 0 Å². The Morgan fingerprint density at radius 3 is 2.68 bits per heavy atom. The van der Waals surface area contributed by atoms with E-state index in [9.17, 15) is 0 Å². The van der Waals surface area contributed by atoms with Crippen LogP contribution in [0.1, 0.15) is 36.3 Å². The van der Waals surface area contributed by atoms with Crippen LogP contribution in [0.2, 0.25) is 0 Å². The summed E-state index contributed by atoms with van der Waals surface area (Å²) in [6.07, 6.45) is 4.05. The van der Waals surface area contributed by atoms with Crippen molar-refractivity contribution in [3.8, 4) is 0 Å². The van der Waals surface area contributed by atoms with Crippen LogP contribution in [0.25, 0.3) is 0 Å². The maximum absolute atomic E-state index is 2.58. The van der Waals surface area contributed by atoms with E-state index >= 15 is 0 Å². The van der Waals surface area contributed by atoms with Crippen molar-refractivity contribution in [2.75, 3.05) is 4.90 Å². The Labute approximate surface area is 114 Å². The van der Waals surface area contributed by atoms with Crippen LogP contribution < -0.4 is 4.90 Å². The predicted molar refractivity (Wildman–Crippen MR) is 80.1 cm³/mol. The number of nitrogens with zero attached hydrogens (tertiary/aromatic N) is 1. The van der Waals surface area contributed by atoms with Crippen molar-refractivity contribution in [2.45, 2.75) is 38.1 Å². The van der Waals surface area contributed by atoms with Crippen molar-refractivity contribution in [1.29, 1.82) is 0 Å². The molecule has 2 aliphatic rings. The molecule has 2 aromatic rings. The van der Waals surface area contributed by atoms with Gasteiger partial charge >= 0.3 is 0 Å². The summed E-state index contributed by atoms with van der Waals surface area (Å²) < 4.78 is 0. The first-order valence-corrected chi connectivity index (χ1v) is 7.29. The molecule has 0 radical (unpaired) electrons. The quantitative estimate of drug-likeness (QED) is 0.703. The van der Waals surface area contributed by atoms with Crippen LogP contribution in [0, 0.1) is 6.92 Å². The third-order valence-corrected chi connectivity index (χ3v) is 4.69. The van der Waals surface area contributed by atoms with Gasteiger partial charge in [0, 0.05) is 23.3 Å². The minimum absolute atomic E-state index is 0.680. The minimum Gasteiger partial charge on any atom is -0.338 e. The van der Waals surface area contributed by atoms with E-state index in [0.29, 0.717) is 6.04 Å². The van der Waals surface area contributed by atoms with E-state index in [0.717, 1.165) is 5.92 Å². The number of hydrogen-bond acceptors (Lipinski definition) is 1. The molecule has 0 aromatic heterocycles. The molecule has 1 heteroatoms. The molecular weight excluding hydrogens is 230 g/mol. The zero-order chi connectivity index (χ0) is 12.8. The Bertz CT molecular complexity index is 602. The molecule has 4 rings (SSSR count). The summed E-state index contributed by atoms with van der Waals surface area (Å²) in [5.74, 6) is 0.745. The Kier molecular flexibility index (Phi) is 2.41. The first-order chi connectivity index (χ1) is 9.34. The van der Waals surface area contributed by atoms with Crippen molar-refractivity contribution < 1.29 is 0 Å². The molecule has 0 N–H and O–H groups in total. The molecule has 2 unspecified atom stereocenters. The van der Waals surface area contributed by atoms with Crippen LogP contribution in [0.15, 0.2) is 48.5 Å². The maximum atomic E-state index is 2.58. The SMILES string of the molecule is Cc1ccc2c(c1)C1CCCC1N2c1ccccc1. The standard InChI is InChI=1S/C18H19N/c1-13-10-11-18-16(12-13)15-8-5-9-17(15)19(18)14-6-3-2-4-7-14/h2-4,6-7,10-12,15,17H,5,8-9H2,1H3. The Hall–Kier alpha value is -1.76. The zero-order valence-corrected chi connectivity index (χ0v) is 11.3. The molecule has 1 aliphatic carbocycles. The third kappa shape index (κ3) is 1.61. The van der Waals surface area contributed by atoms with Crippen LogP contribution in [-0.4, -0.2) is 6.04 Å². The van der Waals surface area contributed by atoms with Crippen molar-refractivity contribution in [3.63, 3.8) is 0 Å². The van der Waals surface area contributed by atoms with E-state index in [1.165, 1.54) is 36.2 Å². The Morgan fingerprint density at radius 2 is 1.84 bits per heavy atom. The second-order valence-electron chi connectivity index (χ2n) is 5.87. The van der Waals surface area contributed by atoms with Crippen LogP contribution >= 0.6 is 0 Å². The summed E-state index contributed by atoms with van der Waals surface area (Å²) in [6, 6.07) is 18.5. The molecule has 2 atom stereocenters. The van der Waals surface area contributed by atoms with Gasteiger partial charge in [-0.3, -0.25) is 0 Å². The number of anilines is 2. The summed E-state index contributed by atoms with van der Waals surface area (Å²) in [5.41, 5.74) is 5.75. The highest BCUT2D eigenvalue weighted by Gasteiger charge is 2.41. The highest BCUT2D eigenvalue weighted by Crippen LogP contribution is 2.52. The van der Waals surface area contributed by atoms with E-state index < -0.39 is 0 Å². The molecule has 0 spiro atoms. The topological polar surface area (TPSA) is 3.24 Å². The van der Waals surface area contributed by atoms with E-state index in [1.54, 1.807) is 5.56 Å². The number of hydrogen-bond donors (Lipinski definition) is 0. The monoisotopic (exact) mass is 249 g/mol. The van der Waals surface area contributed by atoms with Crippen LogP contribution in [0.3, 0.4) is 0 Å². The Balaban J connectivity index is 1.88. The normalized spacial score (nSPS) is 24.4. The first kappa shape index (κ1) is 11.1. The smallest absolute Gasteiger partial charge is 0.0449 e. The number of aryl methyl sites for hydroxylation is 1. The van der Waals surface area contributed by atoms with Crippen molar-refractivity contribution >= 4 is 11.4 Å². The second kappa shape index (κ2) is 4.12. The molecule has 0 bridgehead atoms. The molecular formula is C18H19N. The lowest BCUT2D eigenvalue weighted by molar-refractivity contribution is 0.641. The Morgan fingerprint density at radius 1 is 1.00 bits per heavy atom. The zero-order valence-electron chi connectivity index (χ0n) is 11.3. The summed E-state index contributed by atoms with van der Waals surface area (Å²) in [7, 11) is 0. The van der Waals surface area contributed by atoms with Gasteiger partial charge in [-0.05, 0) is 43.5 Å². The lowest BCUT2D eigenvalue weighted by atomic mass is 9.96. The van der Waals surface area contributed by atoms with Gasteiger partial charge in [0.2, 0.25) is 0 Å². The number of fused-ring (bicyclic) bond motifs is 3. The molecule has 19 heavy (non-hydrogen) atoms. The fourth-order valence-corrected chi connectivity index (χ4v) is 3.90. The molecule has 0 amide bonds. The van der Waals surface area contributed by atoms with E-state index in [1.807, 2.05) is 0 Å². The molecule has 1 heterocycles. The van der Waals surface area contributed by atoms with Crippen molar-refractivity contribution in [3.05, 3.63) is 59.7 Å². The summed E-state index contributed by atoms with van der Waals surface area (Å²) in [6.45, 7) is 2.20. The van der Waals surface area contributed by atoms with Gasteiger partial charge in [-0.1, -0.05) is 42.3 Å². The highest BCUT2D eigenvalue weighted by molar-refractivity contribution is 5.73. The summed E-state index contributed by atoms with van der Waals surface area (Å²) in [4.78, 5) is 2.58. The van der Waals surface area contributed by atoms with E-state index in [-0.39, 0.29) is 0 Å². The van der Waals surface area contributed by atoms with Gasteiger partial charge in [0.25, 0.3) is 0 Å². The minimum atomic E-state index is 0.680. The molecule has 1 fully saturated rings. The third-order valence-electron chi connectivity index (χ3n) is 4.69. The van der Waals surface area contributed by atoms with Crippen molar-refractivity contribution in [1.82, 2.24) is 0 Å². The molecule has 1 saturated carbocycles. The van der Waals surface area contributed by atoms with Crippen LogP contribution in [0.4, 0.5) is 11.4 Å². The fourth-order valence-electron chi connectivity index (χ4n) is 3.90. The lowest BCUT2D eigenvalue weighted by Crippen LogP contribution is -2.26. The largest absolute Gasteiger partial charge is 0.338 e. The molecule has 1 nitrogen and oxygen atoms in total.